The van der Waals surface area contributed by atoms with Crippen LogP contribution in [-0.2, 0) is 17.9 Å². The van der Waals surface area contributed by atoms with Gasteiger partial charge >= 0.3 is 5.97 Å². The molecule has 0 aliphatic rings. The van der Waals surface area contributed by atoms with Gasteiger partial charge in [0.1, 0.15) is 12.2 Å². The van der Waals surface area contributed by atoms with E-state index < -0.39 is 5.97 Å². The third-order valence-electron chi connectivity index (χ3n) is 2.44. The van der Waals surface area contributed by atoms with Crippen molar-refractivity contribution >= 4 is 43.7 Å². The zero-order chi connectivity index (χ0) is 15.4. The van der Waals surface area contributed by atoms with Gasteiger partial charge in [0, 0.05) is 14.5 Å². The van der Waals surface area contributed by atoms with Crippen LogP contribution >= 0.6 is 31.9 Å². The summed E-state index contributed by atoms with van der Waals surface area (Å²) >= 11 is 6.62. The molecule has 1 aromatic heterocycles. The molecule has 0 atom stereocenters. The smallest absolute Gasteiger partial charge is 0.325 e. The highest BCUT2D eigenvalue weighted by molar-refractivity contribution is 9.11. The van der Waals surface area contributed by atoms with Gasteiger partial charge in [-0.2, -0.15) is 0 Å². The van der Waals surface area contributed by atoms with Gasteiger partial charge in [-0.15, -0.1) is 5.10 Å². The molecule has 1 heterocycles. The lowest BCUT2D eigenvalue weighted by Crippen LogP contribution is -2.23. The molecular weight excluding hydrogens is 408 g/mol. The molecule has 0 aliphatic carbocycles. The lowest BCUT2D eigenvalue weighted by molar-refractivity contribution is -0.137. The maximum atomic E-state index is 12.0. The molecular formula is C12H10Br2N4O3. The number of carbonyl (C=O) groups is 2. The summed E-state index contributed by atoms with van der Waals surface area (Å²) in [5, 5.41) is 18.8. The van der Waals surface area contributed by atoms with Crippen LogP contribution in [0.1, 0.15) is 16.1 Å². The van der Waals surface area contributed by atoms with Crippen LogP contribution in [0.4, 0.5) is 0 Å². The fourth-order valence-electron chi connectivity index (χ4n) is 1.59. The van der Waals surface area contributed by atoms with Crippen molar-refractivity contribution in [1.29, 1.82) is 0 Å². The molecule has 1 amide bonds. The van der Waals surface area contributed by atoms with E-state index in [9.17, 15) is 9.59 Å². The largest absolute Gasteiger partial charge is 0.480 e. The standard InChI is InChI=1S/C12H10Br2N4O3/c13-8-1-7(2-9(14)3-8)12(21)15-4-10-5-18(17-16-10)6-11(19)20/h1-3,5H,4,6H2,(H,15,21)(H,19,20). The van der Waals surface area contributed by atoms with Crippen molar-refractivity contribution in [3.05, 3.63) is 44.6 Å². The molecule has 0 saturated heterocycles. The van der Waals surface area contributed by atoms with Crippen molar-refractivity contribution in [1.82, 2.24) is 20.3 Å². The maximum Gasteiger partial charge on any atom is 0.325 e. The third-order valence-corrected chi connectivity index (χ3v) is 3.35. The summed E-state index contributed by atoms with van der Waals surface area (Å²) in [6.07, 6.45) is 1.48. The molecule has 0 fully saturated rings. The maximum absolute atomic E-state index is 12.0. The summed E-state index contributed by atoms with van der Waals surface area (Å²) in [7, 11) is 0. The second-order valence-electron chi connectivity index (χ2n) is 4.14. The Hall–Kier alpha value is -1.74. The van der Waals surface area contributed by atoms with E-state index in [1.807, 2.05) is 6.07 Å². The number of halogens is 2. The number of hydrogen-bond acceptors (Lipinski definition) is 4. The highest BCUT2D eigenvalue weighted by Gasteiger charge is 2.09. The Kier molecular flexibility index (Phi) is 5.07. The molecule has 110 valence electrons. The number of aromatic nitrogens is 3. The monoisotopic (exact) mass is 416 g/mol. The lowest BCUT2D eigenvalue weighted by Gasteiger charge is -2.04. The summed E-state index contributed by atoms with van der Waals surface area (Å²) in [5.74, 6) is -1.26. The van der Waals surface area contributed by atoms with Crippen molar-refractivity contribution in [2.75, 3.05) is 0 Å². The number of carbonyl (C=O) groups excluding carboxylic acids is 1. The minimum absolute atomic E-state index is 0.169. The van der Waals surface area contributed by atoms with Crippen LogP contribution in [0, 0.1) is 0 Å². The van der Waals surface area contributed by atoms with Gasteiger partial charge in [0.2, 0.25) is 0 Å². The number of hydrogen-bond donors (Lipinski definition) is 2. The molecule has 0 aliphatic heterocycles. The van der Waals surface area contributed by atoms with Crippen molar-refractivity contribution in [3.8, 4) is 0 Å². The second kappa shape index (κ2) is 6.81. The molecule has 1 aromatic carbocycles. The van der Waals surface area contributed by atoms with E-state index in [1.165, 1.54) is 10.9 Å². The first-order valence-electron chi connectivity index (χ1n) is 5.79. The molecule has 0 radical (unpaired) electrons. The zero-order valence-electron chi connectivity index (χ0n) is 10.6. The van der Waals surface area contributed by atoms with E-state index in [4.69, 9.17) is 5.11 Å². The third kappa shape index (κ3) is 4.64. The first kappa shape index (κ1) is 15.6. The summed E-state index contributed by atoms with van der Waals surface area (Å²) in [5.41, 5.74) is 0.979. The fraction of sp³-hybridized carbons (Fsp3) is 0.167. The molecule has 0 spiro atoms. The average molecular weight is 418 g/mol. The molecule has 7 nitrogen and oxygen atoms in total. The van der Waals surface area contributed by atoms with Crippen LogP contribution in [0.2, 0.25) is 0 Å². The minimum Gasteiger partial charge on any atom is -0.480 e. The zero-order valence-corrected chi connectivity index (χ0v) is 13.8. The highest BCUT2D eigenvalue weighted by Crippen LogP contribution is 2.20. The normalized spacial score (nSPS) is 10.4. The molecule has 0 saturated carbocycles. The summed E-state index contributed by atoms with van der Waals surface area (Å²) in [6.45, 7) is -0.0951. The van der Waals surface area contributed by atoms with Crippen LogP contribution in [0.25, 0.3) is 0 Å². The molecule has 0 unspecified atom stereocenters. The Labute approximate surface area is 136 Å². The summed E-state index contributed by atoms with van der Waals surface area (Å²) in [6, 6.07) is 5.22. The number of nitrogens with zero attached hydrogens (tertiary/aromatic N) is 3. The van der Waals surface area contributed by atoms with E-state index in [2.05, 4.69) is 47.5 Å². The van der Waals surface area contributed by atoms with Gasteiger partial charge in [-0.05, 0) is 18.2 Å². The molecule has 2 aromatic rings. The highest BCUT2D eigenvalue weighted by atomic mass is 79.9. The Morgan fingerprint density at radius 2 is 1.90 bits per heavy atom. The fourth-order valence-corrected chi connectivity index (χ4v) is 2.89. The first-order valence-corrected chi connectivity index (χ1v) is 7.38. The van der Waals surface area contributed by atoms with E-state index in [0.29, 0.717) is 11.3 Å². The quantitative estimate of drug-likeness (QED) is 0.773. The van der Waals surface area contributed by atoms with Crippen LogP contribution in [0.5, 0.6) is 0 Å². The Morgan fingerprint density at radius 3 is 2.52 bits per heavy atom. The van der Waals surface area contributed by atoms with Gasteiger partial charge in [-0.1, -0.05) is 37.1 Å². The van der Waals surface area contributed by atoms with Crippen molar-refractivity contribution in [2.24, 2.45) is 0 Å². The number of aliphatic carboxylic acids is 1. The lowest BCUT2D eigenvalue weighted by atomic mass is 10.2. The summed E-state index contributed by atoms with van der Waals surface area (Å²) in [4.78, 5) is 22.5. The Morgan fingerprint density at radius 1 is 1.24 bits per heavy atom. The molecule has 21 heavy (non-hydrogen) atoms. The van der Waals surface area contributed by atoms with E-state index in [0.717, 1.165) is 8.95 Å². The molecule has 2 N–H and O–H groups in total. The van der Waals surface area contributed by atoms with Crippen LogP contribution in [0.3, 0.4) is 0 Å². The molecule has 0 bridgehead atoms. The topological polar surface area (TPSA) is 97.1 Å². The molecule has 9 heteroatoms. The van der Waals surface area contributed by atoms with Gasteiger partial charge in [-0.25, -0.2) is 4.68 Å². The minimum atomic E-state index is -1.01. The second-order valence-corrected chi connectivity index (χ2v) is 5.97. The Balaban J connectivity index is 1.97. The van der Waals surface area contributed by atoms with Gasteiger partial charge in [0.15, 0.2) is 0 Å². The predicted molar refractivity (Wildman–Crippen MR) is 80.7 cm³/mol. The van der Waals surface area contributed by atoms with Crippen molar-refractivity contribution in [2.45, 2.75) is 13.1 Å². The predicted octanol–water partition coefficient (Wildman–Crippen LogP) is 1.82. The van der Waals surface area contributed by atoms with Gasteiger partial charge < -0.3 is 10.4 Å². The van der Waals surface area contributed by atoms with Crippen molar-refractivity contribution in [3.63, 3.8) is 0 Å². The van der Waals surface area contributed by atoms with E-state index >= 15 is 0 Å². The molecule has 2 rings (SSSR count). The number of rotatable bonds is 5. The number of nitrogens with one attached hydrogen (secondary N) is 1. The summed E-state index contributed by atoms with van der Waals surface area (Å²) < 4.78 is 2.77. The van der Waals surface area contributed by atoms with Crippen LogP contribution < -0.4 is 5.32 Å². The number of carboxylic acids is 1. The van der Waals surface area contributed by atoms with Crippen LogP contribution in [0.15, 0.2) is 33.3 Å². The SMILES string of the molecule is O=C(O)Cn1cc(CNC(=O)c2cc(Br)cc(Br)c2)nn1. The number of benzene rings is 1. The van der Waals surface area contributed by atoms with E-state index in [-0.39, 0.29) is 19.0 Å². The number of amides is 1. The first-order chi connectivity index (χ1) is 9.94. The average Bonchev–Trinajstić information content (AvgIpc) is 2.81. The van der Waals surface area contributed by atoms with Crippen LogP contribution in [-0.4, -0.2) is 32.0 Å². The Bertz CT molecular complexity index is 667. The van der Waals surface area contributed by atoms with E-state index in [1.54, 1.807) is 12.1 Å². The number of carboxylic acid groups (broad SMARTS) is 1. The van der Waals surface area contributed by atoms with Gasteiger partial charge in [0.05, 0.1) is 12.7 Å². The van der Waals surface area contributed by atoms with Crippen molar-refractivity contribution < 1.29 is 14.7 Å². The van der Waals surface area contributed by atoms with Gasteiger partial charge in [-0.3, -0.25) is 9.59 Å². The van der Waals surface area contributed by atoms with Gasteiger partial charge in [0.25, 0.3) is 5.91 Å².